The molecule has 6 heteroatoms. The van der Waals surface area contributed by atoms with Gasteiger partial charge < -0.3 is 10.1 Å². The van der Waals surface area contributed by atoms with Crippen LogP contribution in [-0.4, -0.2) is 18.3 Å². The summed E-state index contributed by atoms with van der Waals surface area (Å²) in [6.07, 6.45) is 0.198. The molecule has 0 saturated carbocycles. The van der Waals surface area contributed by atoms with Crippen molar-refractivity contribution in [1.82, 2.24) is 5.32 Å². The highest BCUT2D eigenvalue weighted by molar-refractivity contribution is 9.10. The van der Waals surface area contributed by atoms with E-state index in [-0.39, 0.29) is 36.9 Å². The summed E-state index contributed by atoms with van der Waals surface area (Å²) >= 11 is 3.31. The van der Waals surface area contributed by atoms with Crippen LogP contribution in [0.3, 0.4) is 0 Å². The van der Waals surface area contributed by atoms with E-state index in [1.165, 1.54) is 12.1 Å². The first kappa shape index (κ1) is 19.1. The number of amides is 1. The highest BCUT2D eigenvalue weighted by atomic mass is 79.9. The molecule has 0 aliphatic carbocycles. The van der Waals surface area contributed by atoms with Gasteiger partial charge in [-0.25, -0.2) is 4.39 Å². The Bertz CT molecular complexity index is 747. The molecule has 132 valence electrons. The molecule has 0 spiro atoms. The molecule has 0 saturated heterocycles. The number of ketones is 1. The van der Waals surface area contributed by atoms with Gasteiger partial charge in [0.05, 0.1) is 6.61 Å². The first-order valence-electron chi connectivity index (χ1n) is 7.96. The van der Waals surface area contributed by atoms with Crippen LogP contribution in [0, 0.1) is 5.82 Å². The fourth-order valence-electron chi connectivity index (χ4n) is 2.24. The number of nitrogens with one attached hydrogen (secondary N) is 1. The van der Waals surface area contributed by atoms with Gasteiger partial charge in [0, 0.05) is 29.4 Å². The van der Waals surface area contributed by atoms with Crippen molar-refractivity contribution < 1.29 is 18.7 Å². The lowest BCUT2D eigenvalue weighted by Gasteiger charge is -2.08. The number of carbonyl (C=O) groups is 2. The van der Waals surface area contributed by atoms with Crippen LogP contribution in [0.4, 0.5) is 4.39 Å². The zero-order valence-corrected chi connectivity index (χ0v) is 15.4. The second kappa shape index (κ2) is 9.32. The molecule has 2 aromatic carbocycles. The third kappa shape index (κ3) is 5.98. The molecule has 2 aromatic rings. The molecule has 1 amide bonds. The van der Waals surface area contributed by atoms with E-state index in [1.807, 2.05) is 6.92 Å². The summed E-state index contributed by atoms with van der Waals surface area (Å²) in [4.78, 5) is 24.0. The standard InChI is InChI=1S/C19H19BrFNO3/c1-2-25-16-6-3-13(4-7-16)18(23)9-10-19(24)22-12-14-11-15(21)5-8-17(14)20/h3-8,11H,2,9-10,12H2,1H3,(H,22,24). The molecule has 0 heterocycles. The van der Waals surface area contributed by atoms with E-state index < -0.39 is 0 Å². The third-order valence-corrected chi connectivity index (χ3v) is 4.32. The topological polar surface area (TPSA) is 55.4 Å². The number of carbonyl (C=O) groups excluding carboxylic acids is 2. The van der Waals surface area contributed by atoms with Gasteiger partial charge in [-0.2, -0.15) is 0 Å². The monoisotopic (exact) mass is 407 g/mol. The number of benzene rings is 2. The number of hydrogen-bond donors (Lipinski definition) is 1. The Kier molecular flexibility index (Phi) is 7.13. The Labute approximate surface area is 154 Å². The van der Waals surface area contributed by atoms with Gasteiger partial charge in [-0.3, -0.25) is 9.59 Å². The van der Waals surface area contributed by atoms with Crippen molar-refractivity contribution >= 4 is 27.6 Å². The van der Waals surface area contributed by atoms with E-state index in [1.54, 1.807) is 30.3 Å². The van der Waals surface area contributed by atoms with Crippen molar-refractivity contribution in [1.29, 1.82) is 0 Å². The molecule has 0 aliphatic heterocycles. The van der Waals surface area contributed by atoms with E-state index in [4.69, 9.17) is 4.74 Å². The molecule has 0 radical (unpaired) electrons. The fourth-order valence-corrected chi connectivity index (χ4v) is 2.62. The van der Waals surface area contributed by atoms with Crippen LogP contribution in [0.25, 0.3) is 0 Å². The quantitative estimate of drug-likeness (QED) is 0.664. The number of rotatable bonds is 8. The maximum absolute atomic E-state index is 13.2. The summed E-state index contributed by atoms with van der Waals surface area (Å²) in [7, 11) is 0. The minimum absolute atomic E-state index is 0.0823. The Balaban J connectivity index is 1.81. The molecule has 2 rings (SSSR count). The van der Waals surface area contributed by atoms with Crippen molar-refractivity contribution in [2.45, 2.75) is 26.3 Å². The van der Waals surface area contributed by atoms with Crippen molar-refractivity contribution in [3.8, 4) is 5.75 Å². The van der Waals surface area contributed by atoms with E-state index in [9.17, 15) is 14.0 Å². The third-order valence-electron chi connectivity index (χ3n) is 3.55. The lowest BCUT2D eigenvalue weighted by Crippen LogP contribution is -2.23. The normalized spacial score (nSPS) is 10.4. The highest BCUT2D eigenvalue weighted by Crippen LogP contribution is 2.18. The Hall–Kier alpha value is -2.21. The van der Waals surface area contributed by atoms with Crippen LogP contribution in [-0.2, 0) is 11.3 Å². The Morgan fingerprint density at radius 2 is 1.84 bits per heavy atom. The maximum Gasteiger partial charge on any atom is 0.220 e. The van der Waals surface area contributed by atoms with E-state index >= 15 is 0 Å². The Morgan fingerprint density at radius 1 is 1.12 bits per heavy atom. The highest BCUT2D eigenvalue weighted by Gasteiger charge is 2.10. The average Bonchev–Trinajstić information content (AvgIpc) is 2.61. The Morgan fingerprint density at radius 3 is 2.52 bits per heavy atom. The molecule has 0 fully saturated rings. The fraction of sp³-hybridized carbons (Fsp3) is 0.263. The lowest BCUT2D eigenvalue weighted by atomic mass is 10.1. The number of Topliss-reactive ketones (excluding diaryl/α,β-unsaturated/α-hetero) is 1. The minimum Gasteiger partial charge on any atom is -0.494 e. The minimum atomic E-state index is -0.363. The van der Waals surface area contributed by atoms with Gasteiger partial charge >= 0.3 is 0 Å². The number of halogens is 2. The lowest BCUT2D eigenvalue weighted by molar-refractivity contribution is -0.121. The summed E-state index contributed by atoms with van der Waals surface area (Å²) in [5.41, 5.74) is 1.19. The molecule has 0 atom stereocenters. The first-order chi connectivity index (χ1) is 12.0. The summed E-state index contributed by atoms with van der Waals surface area (Å²) in [6, 6.07) is 11.1. The van der Waals surface area contributed by atoms with Gasteiger partial charge in [0.15, 0.2) is 5.78 Å². The predicted molar refractivity (Wildman–Crippen MR) is 97.1 cm³/mol. The zero-order chi connectivity index (χ0) is 18.2. The van der Waals surface area contributed by atoms with Gasteiger partial charge in [0.2, 0.25) is 5.91 Å². The largest absolute Gasteiger partial charge is 0.494 e. The molecule has 4 nitrogen and oxygen atoms in total. The van der Waals surface area contributed by atoms with Gasteiger partial charge in [-0.1, -0.05) is 15.9 Å². The zero-order valence-electron chi connectivity index (χ0n) is 13.9. The summed E-state index contributed by atoms with van der Waals surface area (Å²) in [5.74, 6) is -0.0174. The van der Waals surface area contributed by atoms with E-state index in [0.717, 1.165) is 4.47 Å². The van der Waals surface area contributed by atoms with Gasteiger partial charge in [0.1, 0.15) is 11.6 Å². The molecule has 1 N–H and O–H groups in total. The second-order valence-corrected chi connectivity index (χ2v) is 6.25. The molecular weight excluding hydrogens is 389 g/mol. The van der Waals surface area contributed by atoms with Crippen LogP contribution in [0.1, 0.15) is 35.7 Å². The van der Waals surface area contributed by atoms with Crippen molar-refractivity contribution in [3.63, 3.8) is 0 Å². The van der Waals surface area contributed by atoms with Crippen LogP contribution < -0.4 is 10.1 Å². The van der Waals surface area contributed by atoms with Gasteiger partial charge in [-0.15, -0.1) is 0 Å². The van der Waals surface area contributed by atoms with Crippen molar-refractivity contribution in [3.05, 3.63) is 63.9 Å². The van der Waals surface area contributed by atoms with Gasteiger partial charge in [-0.05, 0) is 55.0 Å². The van der Waals surface area contributed by atoms with Crippen molar-refractivity contribution in [2.75, 3.05) is 6.61 Å². The molecular formula is C19H19BrFNO3. The molecule has 0 aliphatic rings. The molecule has 0 bridgehead atoms. The molecule has 0 unspecified atom stereocenters. The second-order valence-electron chi connectivity index (χ2n) is 5.39. The summed E-state index contributed by atoms with van der Waals surface area (Å²) < 4.78 is 19.2. The average molecular weight is 408 g/mol. The van der Waals surface area contributed by atoms with E-state index in [2.05, 4.69) is 21.2 Å². The van der Waals surface area contributed by atoms with Crippen LogP contribution in [0.2, 0.25) is 0 Å². The predicted octanol–water partition coefficient (Wildman–Crippen LogP) is 4.27. The molecule has 0 aromatic heterocycles. The SMILES string of the molecule is CCOc1ccc(C(=O)CCC(=O)NCc2cc(F)ccc2Br)cc1. The number of hydrogen-bond acceptors (Lipinski definition) is 3. The first-order valence-corrected chi connectivity index (χ1v) is 8.75. The van der Waals surface area contributed by atoms with Crippen molar-refractivity contribution in [2.24, 2.45) is 0 Å². The summed E-state index contributed by atoms with van der Waals surface area (Å²) in [5, 5.41) is 2.69. The van der Waals surface area contributed by atoms with Crippen LogP contribution in [0.5, 0.6) is 5.75 Å². The number of ether oxygens (including phenoxy) is 1. The van der Waals surface area contributed by atoms with E-state index in [0.29, 0.717) is 23.5 Å². The van der Waals surface area contributed by atoms with Crippen LogP contribution in [0.15, 0.2) is 46.9 Å². The van der Waals surface area contributed by atoms with Gasteiger partial charge in [0.25, 0.3) is 0 Å². The molecule has 25 heavy (non-hydrogen) atoms. The van der Waals surface area contributed by atoms with Crippen LogP contribution >= 0.6 is 15.9 Å². The maximum atomic E-state index is 13.2. The summed E-state index contributed by atoms with van der Waals surface area (Å²) in [6.45, 7) is 2.66. The smallest absolute Gasteiger partial charge is 0.220 e.